The Hall–Kier alpha value is -0.650. The average molecular weight is 477 g/mol. The summed E-state index contributed by atoms with van der Waals surface area (Å²) in [6, 6.07) is 11.4. The van der Waals surface area contributed by atoms with E-state index in [-0.39, 0.29) is 12.4 Å². The van der Waals surface area contributed by atoms with E-state index in [9.17, 15) is 4.79 Å². The monoisotopic (exact) mass is 474 g/mol. The van der Waals surface area contributed by atoms with Crippen molar-refractivity contribution >= 4 is 53.6 Å². The van der Waals surface area contributed by atoms with Crippen molar-refractivity contribution in [3.63, 3.8) is 0 Å². The van der Waals surface area contributed by atoms with Crippen LogP contribution in [-0.4, -0.2) is 12.4 Å². The Labute approximate surface area is 149 Å². The molecule has 0 spiro atoms. The summed E-state index contributed by atoms with van der Waals surface area (Å²) >= 11 is 10.2. The molecule has 2 nitrogen and oxygen atoms in total. The van der Waals surface area contributed by atoms with Crippen molar-refractivity contribution in [2.45, 2.75) is 13.3 Å². The molecule has 0 atom stereocenters. The second-order valence-electron chi connectivity index (χ2n) is 4.46. The third-order valence-corrected chi connectivity index (χ3v) is 4.63. The Kier molecular flexibility index (Phi) is 6.02. The number of hydrogen-bond donors (Lipinski definition) is 0. The molecule has 2 rings (SSSR count). The Morgan fingerprint density at radius 1 is 1.05 bits per heavy atom. The standard InChI is InChI=1S/C16H13Br3O2/c1-2-10-3-5-11(6-4-10)15(20)9-21-16-13(18)7-12(17)8-14(16)19/h3-8H,2,9H2,1H3. The van der Waals surface area contributed by atoms with Crippen LogP contribution in [0.3, 0.4) is 0 Å². The number of ketones is 1. The van der Waals surface area contributed by atoms with Crippen molar-refractivity contribution in [2.75, 3.05) is 6.61 Å². The van der Waals surface area contributed by atoms with Gasteiger partial charge in [0, 0.05) is 10.0 Å². The lowest BCUT2D eigenvalue weighted by Crippen LogP contribution is -2.12. The molecule has 0 bridgehead atoms. The molecule has 0 aliphatic rings. The molecule has 0 heterocycles. The van der Waals surface area contributed by atoms with Gasteiger partial charge in [0.2, 0.25) is 0 Å². The van der Waals surface area contributed by atoms with E-state index >= 15 is 0 Å². The molecular formula is C16H13Br3O2. The third-order valence-electron chi connectivity index (χ3n) is 2.99. The number of Topliss-reactive ketones (excluding diaryl/α,β-unsaturated/α-hetero) is 1. The van der Waals surface area contributed by atoms with E-state index in [1.165, 1.54) is 5.56 Å². The number of carbonyl (C=O) groups is 1. The summed E-state index contributed by atoms with van der Waals surface area (Å²) in [5.41, 5.74) is 1.88. The third kappa shape index (κ3) is 4.41. The van der Waals surface area contributed by atoms with Crippen LogP contribution >= 0.6 is 47.8 Å². The molecule has 0 saturated carbocycles. The quantitative estimate of drug-likeness (QED) is 0.510. The van der Waals surface area contributed by atoms with Crippen molar-refractivity contribution < 1.29 is 9.53 Å². The van der Waals surface area contributed by atoms with Gasteiger partial charge < -0.3 is 4.74 Å². The van der Waals surface area contributed by atoms with Crippen LogP contribution in [0, 0.1) is 0 Å². The van der Waals surface area contributed by atoms with Gasteiger partial charge in [0.25, 0.3) is 0 Å². The van der Waals surface area contributed by atoms with Crippen molar-refractivity contribution in [1.82, 2.24) is 0 Å². The summed E-state index contributed by atoms with van der Waals surface area (Å²) in [5.74, 6) is 0.580. The summed E-state index contributed by atoms with van der Waals surface area (Å²) in [6.45, 7) is 2.09. The number of rotatable bonds is 5. The minimum atomic E-state index is -0.0422. The van der Waals surface area contributed by atoms with E-state index in [0.29, 0.717) is 11.3 Å². The van der Waals surface area contributed by atoms with Gasteiger partial charge in [-0.2, -0.15) is 0 Å². The highest BCUT2D eigenvalue weighted by molar-refractivity contribution is 9.11. The van der Waals surface area contributed by atoms with Gasteiger partial charge in [-0.15, -0.1) is 0 Å². The molecule has 5 heteroatoms. The highest BCUT2D eigenvalue weighted by Gasteiger charge is 2.12. The van der Waals surface area contributed by atoms with Crippen LogP contribution in [0.2, 0.25) is 0 Å². The zero-order valence-corrected chi connectivity index (χ0v) is 16.1. The maximum atomic E-state index is 12.1. The fraction of sp³-hybridized carbons (Fsp3) is 0.188. The molecule has 0 radical (unpaired) electrons. The summed E-state index contributed by atoms with van der Waals surface area (Å²) < 4.78 is 8.14. The SMILES string of the molecule is CCc1ccc(C(=O)COc2c(Br)cc(Br)cc2Br)cc1. The molecule has 0 N–H and O–H groups in total. The Morgan fingerprint density at radius 3 is 2.14 bits per heavy atom. The average Bonchev–Trinajstić information content (AvgIpc) is 2.46. The zero-order chi connectivity index (χ0) is 15.4. The maximum Gasteiger partial charge on any atom is 0.200 e. The molecule has 0 aliphatic carbocycles. The van der Waals surface area contributed by atoms with E-state index in [2.05, 4.69) is 54.7 Å². The summed E-state index contributed by atoms with van der Waals surface area (Å²) in [7, 11) is 0. The van der Waals surface area contributed by atoms with Crippen LogP contribution in [0.4, 0.5) is 0 Å². The van der Waals surface area contributed by atoms with Crippen LogP contribution in [0.15, 0.2) is 49.8 Å². The lowest BCUT2D eigenvalue weighted by molar-refractivity contribution is 0.0920. The number of hydrogen-bond acceptors (Lipinski definition) is 2. The van der Waals surface area contributed by atoms with Crippen molar-refractivity contribution in [1.29, 1.82) is 0 Å². The fourth-order valence-corrected chi connectivity index (χ4v) is 4.30. The van der Waals surface area contributed by atoms with E-state index in [1.54, 1.807) is 0 Å². The lowest BCUT2D eigenvalue weighted by atomic mass is 10.1. The number of halogens is 3. The van der Waals surface area contributed by atoms with Gasteiger partial charge in [-0.3, -0.25) is 4.79 Å². The fourth-order valence-electron chi connectivity index (χ4n) is 1.81. The molecule has 0 saturated heterocycles. The molecule has 2 aromatic carbocycles. The number of aryl methyl sites for hydroxylation is 1. The van der Waals surface area contributed by atoms with Crippen molar-refractivity contribution in [2.24, 2.45) is 0 Å². The van der Waals surface area contributed by atoms with Crippen LogP contribution < -0.4 is 4.74 Å². The van der Waals surface area contributed by atoms with E-state index in [1.807, 2.05) is 36.4 Å². The number of ether oxygens (including phenoxy) is 1. The first-order chi connectivity index (χ1) is 10.0. The normalized spacial score (nSPS) is 10.5. The number of carbonyl (C=O) groups excluding carboxylic acids is 1. The number of benzene rings is 2. The Bertz CT molecular complexity index is 628. The smallest absolute Gasteiger partial charge is 0.200 e. The summed E-state index contributed by atoms with van der Waals surface area (Å²) in [4.78, 5) is 12.1. The van der Waals surface area contributed by atoms with Crippen molar-refractivity contribution in [3.8, 4) is 5.75 Å². The van der Waals surface area contributed by atoms with Gasteiger partial charge in [0.05, 0.1) is 8.95 Å². The predicted molar refractivity (Wildman–Crippen MR) is 95.2 cm³/mol. The van der Waals surface area contributed by atoms with Gasteiger partial charge in [-0.05, 0) is 56.0 Å². The van der Waals surface area contributed by atoms with Crippen molar-refractivity contribution in [3.05, 3.63) is 60.9 Å². The first kappa shape index (κ1) is 16.7. The van der Waals surface area contributed by atoms with Gasteiger partial charge in [0.1, 0.15) is 5.75 Å². The van der Waals surface area contributed by atoms with E-state index in [0.717, 1.165) is 19.8 Å². The molecule has 0 fully saturated rings. The molecule has 0 amide bonds. The van der Waals surface area contributed by atoms with Gasteiger partial charge in [-0.1, -0.05) is 47.1 Å². The molecule has 2 aromatic rings. The molecule has 0 aromatic heterocycles. The van der Waals surface area contributed by atoms with E-state index in [4.69, 9.17) is 4.74 Å². The van der Waals surface area contributed by atoms with Gasteiger partial charge >= 0.3 is 0 Å². The Balaban J connectivity index is 2.07. The highest BCUT2D eigenvalue weighted by Crippen LogP contribution is 2.36. The summed E-state index contributed by atoms with van der Waals surface area (Å²) in [5, 5.41) is 0. The first-order valence-electron chi connectivity index (χ1n) is 6.40. The largest absolute Gasteiger partial charge is 0.483 e. The summed E-state index contributed by atoms with van der Waals surface area (Å²) in [6.07, 6.45) is 0.962. The zero-order valence-electron chi connectivity index (χ0n) is 11.3. The van der Waals surface area contributed by atoms with Crippen LogP contribution in [0.1, 0.15) is 22.8 Å². The molecule has 21 heavy (non-hydrogen) atoms. The second kappa shape index (κ2) is 7.56. The lowest BCUT2D eigenvalue weighted by Gasteiger charge is -2.10. The minimum Gasteiger partial charge on any atom is -0.483 e. The molecule has 0 aliphatic heterocycles. The van der Waals surface area contributed by atoms with E-state index < -0.39 is 0 Å². The van der Waals surface area contributed by atoms with Gasteiger partial charge in [0.15, 0.2) is 12.4 Å². The van der Waals surface area contributed by atoms with Crippen LogP contribution in [0.25, 0.3) is 0 Å². The first-order valence-corrected chi connectivity index (χ1v) is 8.78. The maximum absolute atomic E-state index is 12.1. The van der Waals surface area contributed by atoms with Gasteiger partial charge in [-0.25, -0.2) is 0 Å². The Morgan fingerprint density at radius 2 is 1.62 bits per heavy atom. The topological polar surface area (TPSA) is 26.3 Å². The van der Waals surface area contributed by atoms with Crippen LogP contribution in [-0.2, 0) is 6.42 Å². The van der Waals surface area contributed by atoms with Crippen LogP contribution in [0.5, 0.6) is 5.75 Å². The molecule has 0 unspecified atom stereocenters. The molecule has 110 valence electrons. The predicted octanol–water partition coefficient (Wildman–Crippen LogP) is 5.80. The minimum absolute atomic E-state index is 0.00427. The highest BCUT2D eigenvalue weighted by atomic mass is 79.9. The second-order valence-corrected chi connectivity index (χ2v) is 7.09. The molecular weight excluding hydrogens is 464 g/mol.